The minimum atomic E-state index is -0.241. The Morgan fingerprint density at radius 1 is 1.35 bits per heavy atom. The SMILES string of the molecule is O[C@H]1CCCN(Cc2nnc(-c3ccccc3Br)o2)C1. The highest BCUT2D eigenvalue weighted by Gasteiger charge is 2.20. The number of aliphatic hydroxyl groups excluding tert-OH is 1. The molecule has 20 heavy (non-hydrogen) atoms. The first kappa shape index (κ1) is 13.7. The van der Waals surface area contributed by atoms with Crippen molar-refractivity contribution in [3.63, 3.8) is 0 Å². The van der Waals surface area contributed by atoms with Gasteiger partial charge in [-0.15, -0.1) is 10.2 Å². The number of rotatable bonds is 3. The third kappa shape index (κ3) is 3.08. The molecule has 1 aromatic carbocycles. The van der Waals surface area contributed by atoms with Gasteiger partial charge < -0.3 is 9.52 Å². The van der Waals surface area contributed by atoms with Crippen LogP contribution in [0, 0.1) is 0 Å². The number of aliphatic hydroxyl groups is 1. The molecule has 5 nitrogen and oxygen atoms in total. The standard InChI is InChI=1S/C14H16BrN3O2/c15-12-6-2-1-5-11(12)14-17-16-13(20-14)9-18-7-3-4-10(19)8-18/h1-2,5-6,10,19H,3-4,7-9H2/t10-/m0/s1. The van der Waals surface area contributed by atoms with E-state index in [1.165, 1.54) is 0 Å². The van der Waals surface area contributed by atoms with Gasteiger partial charge in [-0.1, -0.05) is 12.1 Å². The van der Waals surface area contributed by atoms with Crippen LogP contribution < -0.4 is 0 Å². The van der Waals surface area contributed by atoms with Crippen molar-refractivity contribution in [3.8, 4) is 11.5 Å². The molecule has 1 aromatic heterocycles. The van der Waals surface area contributed by atoms with Gasteiger partial charge in [0.25, 0.3) is 0 Å². The second kappa shape index (κ2) is 6.03. The number of halogens is 1. The zero-order valence-electron chi connectivity index (χ0n) is 11.0. The van der Waals surface area contributed by atoms with Gasteiger partial charge in [0.2, 0.25) is 11.8 Å². The minimum Gasteiger partial charge on any atom is -0.419 e. The van der Waals surface area contributed by atoms with E-state index < -0.39 is 0 Å². The molecule has 1 atom stereocenters. The predicted molar refractivity (Wildman–Crippen MR) is 78.0 cm³/mol. The summed E-state index contributed by atoms with van der Waals surface area (Å²) in [6, 6.07) is 7.76. The van der Waals surface area contributed by atoms with Crippen LogP contribution in [-0.4, -0.2) is 39.4 Å². The number of piperidine rings is 1. The first-order valence-electron chi connectivity index (χ1n) is 6.70. The third-order valence-corrected chi connectivity index (χ3v) is 4.10. The van der Waals surface area contributed by atoms with Crippen molar-refractivity contribution in [3.05, 3.63) is 34.6 Å². The largest absolute Gasteiger partial charge is 0.419 e. The average Bonchev–Trinajstić information content (AvgIpc) is 2.87. The summed E-state index contributed by atoms with van der Waals surface area (Å²) in [5.74, 6) is 1.11. The Bertz CT molecular complexity index is 587. The molecule has 0 spiro atoms. The van der Waals surface area contributed by atoms with Gasteiger partial charge in [-0.05, 0) is 47.4 Å². The van der Waals surface area contributed by atoms with Crippen LogP contribution in [0.4, 0.5) is 0 Å². The van der Waals surface area contributed by atoms with Crippen molar-refractivity contribution in [2.24, 2.45) is 0 Å². The van der Waals surface area contributed by atoms with Gasteiger partial charge in [0, 0.05) is 11.0 Å². The molecule has 0 bridgehead atoms. The van der Waals surface area contributed by atoms with Gasteiger partial charge in [0.1, 0.15) is 0 Å². The normalized spacial score (nSPS) is 20.2. The summed E-state index contributed by atoms with van der Waals surface area (Å²) in [5, 5.41) is 17.9. The van der Waals surface area contributed by atoms with E-state index in [2.05, 4.69) is 31.0 Å². The molecule has 0 amide bonds. The number of nitrogens with zero attached hydrogens (tertiary/aromatic N) is 3. The summed E-state index contributed by atoms with van der Waals surface area (Å²) in [6.07, 6.45) is 1.64. The highest BCUT2D eigenvalue weighted by Crippen LogP contribution is 2.27. The molecular weight excluding hydrogens is 322 g/mol. The molecule has 0 aliphatic carbocycles. The van der Waals surface area contributed by atoms with E-state index in [-0.39, 0.29) is 6.10 Å². The molecule has 1 saturated heterocycles. The van der Waals surface area contributed by atoms with E-state index in [0.717, 1.165) is 29.4 Å². The third-order valence-electron chi connectivity index (χ3n) is 3.41. The van der Waals surface area contributed by atoms with Crippen LogP contribution >= 0.6 is 15.9 Å². The topological polar surface area (TPSA) is 62.4 Å². The van der Waals surface area contributed by atoms with Gasteiger partial charge in [0.05, 0.1) is 18.2 Å². The Labute approximate surface area is 125 Å². The quantitative estimate of drug-likeness (QED) is 0.932. The van der Waals surface area contributed by atoms with Gasteiger partial charge in [0.15, 0.2) is 0 Å². The lowest BCUT2D eigenvalue weighted by atomic mass is 10.1. The molecule has 0 radical (unpaired) electrons. The maximum absolute atomic E-state index is 9.66. The monoisotopic (exact) mass is 337 g/mol. The second-order valence-electron chi connectivity index (χ2n) is 5.01. The Morgan fingerprint density at radius 2 is 2.20 bits per heavy atom. The van der Waals surface area contributed by atoms with Crippen molar-refractivity contribution in [1.29, 1.82) is 0 Å². The van der Waals surface area contributed by atoms with Crippen LogP contribution in [0.3, 0.4) is 0 Å². The molecule has 1 aliphatic rings. The first-order chi connectivity index (χ1) is 9.72. The summed E-state index contributed by atoms with van der Waals surface area (Å²) < 4.78 is 6.65. The van der Waals surface area contributed by atoms with E-state index in [9.17, 15) is 5.11 Å². The van der Waals surface area contributed by atoms with Gasteiger partial charge in [-0.2, -0.15) is 0 Å². The fourth-order valence-electron chi connectivity index (χ4n) is 2.43. The number of aromatic nitrogens is 2. The van der Waals surface area contributed by atoms with Crippen LogP contribution in [0.15, 0.2) is 33.2 Å². The smallest absolute Gasteiger partial charge is 0.248 e. The molecule has 2 aromatic rings. The zero-order chi connectivity index (χ0) is 13.9. The Morgan fingerprint density at radius 3 is 3.00 bits per heavy atom. The second-order valence-corrected chi connectivity index (χ2v) is 5.87. The summed E-state index contributed by atoms with van der Waals surface area (Å²) >= 11 is 3.48. The summed E-state index contributed by atoms with van der Waals surface area (Å²) in [7, 11) is 0. The lowest BCUT2D eigenvalue weighted by molar-refractivity contribution is 0.0625. The molecule has 1 N–H and O–H groups in total. The van der Waals surface area contributed by atoms with Crippen LogP contribution in [0.5, 0.6) is 0 Å². The van der Waals surface area contributed by atoms with Gasteiger partial charge in [-0.25, -0.2) is 0 Å². The molecule has 6 heteroatoms. The molecule has 3 rings (SSSR count). The van der Waals surface area contributed by atoms with Crippen LogP contribution in [0.2, 0.25) is 0 Å². The number of hydrogen-bond acceptors (Lipinski definition) is 5. The fourth-order valence-corrected chi connectivity index (χ4v) is 2.88. The number of β-amino-alcohol motifs (C(OH)–C–C–N with tert-alkyl or cyclic N) is 1. The molecule has 2 heterocycles. The zero-order valence-corrected chi connectivity index (χ0v) is 12.6. The summed E-state index contributed by atoms with van der Waals surface area (Å²) in [5.41, 5.74) is 0.893. The van der Waals surface area contributed by atoms with Gasteiger partial charge >= 0.3 is 0 Å². The van der Waals surface area contributed by atoms with E-state index in [1.807, 2.05) is 24.3 Å². The van der Waals surface area contributed by atoms with Gasteiger partial charge in [-0.3, -0.25) is 4.90 Å². The Kier molecular flexibility index (Phi) is 4.14. The molecule has 1 fully saturated rings. The van der Waals surface area contributed by atoms with Crippen molar-refractivity contribution >= 4 is 15.9 Å². The number of likely N-dealkylation sites (tertiary alicyclic amines) is 1. The van der Waals surface area contributed by atoms with Crippen molar-refractivity contribution in [1.82, 2.24) is 15.1 Å². The molecule has 0 saturated carbocycles. The maximum Gasteiger partial charge on any atom is 0.248 e. The Hall–Kier alpha value is -1.24. The highest BCUT2D eigenvalue weighted by molar-refractivity contribution is 9.10. The van der Waals surface area contributed by atoms with Crippen molar-refractivity contribution < 1.29 is 9.52 Å². The molecule has 106 valence electrons. The average molecular weight is 338 g/mol. The van der Waals surface area contributed by atoms with Crippen molar-refractivity contribution in [2.75, 3.05) is 13.1 Å². The highest BCUT2D eigenvalue weighted by atomic mass is 79.9. The van der Waals surface area contributed by atoms with Crippen LogP contribution in [0.1, 0.15) is 18.7 Å². The van der Waals surface area contributed by atoms with Crippen molar-refractivity contribution in [2.45, 2.75) is 25.5 Å². The lowest BCUT2D eigenvalue weighted by Crippen LogP contribution is -2.37. The summed E-state index contributed by atoms with van der Waals surface area (Å²) in [4.78, 5) is 2.14. The maximum atomic E-state index is 9.66. The Balaban J connectivity index is 1.72. The fraction of sp³-hybridized carbons (Fsp3) is 0.429. The van der Waals surface area contributed by atoms with E-state index >= 15 is 0 Å². The number of hydrogen-bond donors (Lipinski definition) is 1. The van der Waals surface area contributed by atoms with Crippen LogP contribution in [0.25, 0.3) is 11.5 Å². The molecule has 0 unspecified atom stereocenters. The molecule has 1 aliphatic heterocycles. The van der Waals surface area contributed by atoms with E-state index in [0.29, 0.717) is 24.9 Å². The summed E-state index contributed by atoms with van der Waals surface area (Å²) in [6.45, 7) is 2.23. The first-order valence-corrected chi connectivity index (χ1v) is 7.49. The predicted octanol–water partition coefficient (Wildman–Crippen LogP) is 2.46. The van der Waals surface area contributed by atoms with E-state index in [1.54, 1.807) is 0 Å². The van der Waals surface area contributed by atoms with E-state index in [4.69, 9.17) is 4.42 Å². The lowest BCUT2D eigenvalue weighted by Gasteiger charge is -2.28. The minimum absolute atomic E-state index is 0.241. The number of benzene rings is 1. The van der Waals surface area contributed by atoms with Crippen LogP contribution in [-0.2, 0) is 6.54 Å². The molecular formula is C14H16BrN3O2.